The van der Waals surface area contributed by atoms with Gasteiger partial charge in [0.25, 0.3) is 0 Å². The third-order valence-corrected chi connectivity index (χ3v) is 2.85. The van der Waals surface area contributed by atoms with Gasteiger partial charge in [-0.1, -0.05) is 0 Å². The fraction of sp³-hybridized carbons (Fsp3) is 0.429. The smallest absolute Gasteiger partial charge is 0.244 e. The van der Waals surface area contributed by atoms with Gasteiger partial charge in [-0.2, -0.15) is 10.1 Å². The van der Waals surface area contributed by atoms with E-state index in [1.54, 1.807) is 18.6 Å². The number of hydrogen-bond acceptors (Lipinski definition) is 7. The molecule has 0 aliphatic rings. The molecule has 0 spiro atoms. The lowest BCUT2D eigenvalue weighted by atomic mass is 10.3. The third kappa shape index (κ3) is 5.70. The summed E-state index contributed by atoms with van der Waals surface area (Å²) < 4.78 is 0. The van der Waals surface area contributed by atoms with Crippen LogP contribution in [-0.4, -0.2) is 52.3 Å². The number of nitrogens with one attached hydrogen (secondary N) is 2. The van der Waals surface area contributed by atoms with E-state index >= 15 is 0 Å². The first kappa shape index (κ1) is 15.1. The van der Waals surface area contributed by atoms with Gasteiger partial charge in [-0.05, 0) is 44.8 Å². The van der Waals surface area contributed by atoms with Crippen LogP contribution < -0.4 is 10.6 Å². The van der Waals surface area contributed by atoms with Crippen molar-refractivity contribution in [3.8, 4) is 0 Å². The van der Waals surface area contributed by atoms with E-state index in [0.717, 1.165) is 30.9 Å². The van der Waals surface area contributed by atoms with Crippen LogP contribution in [0.2, 0.25) is 0 Å². The van der Waals surface area contributed by atoms with Gasteiger partial charge in [-0.3, -0.25) is 4.98 Å². The van der Waals surface area contributed by atoms with Crippen LogP contribution in [-0.2, 0) is 6.54 Å². The minimum absolute atomic E-state index is 0.518. The Morgan fingerprint density at radius 3 is 2.71 bits per heavy atom. The Kier molecular flexibility index (Phi) is 5.83. The molecule has 0 aromatic carbocycles. The van der Waals surface area contributed by atoms with Gasteiger partial charge in [0.1, 0.15) is 0 Å². The highest BCUT2D eigenvalue weighted by Crippen LogP contribution is 2.05. The van der Waals surface area contributed by atoms with Gasteiger partial charge in [0, 0.05) is 25.5 Å². The van der Waals surface area contributed by atoms with Crippen molar-refractivity contribution >= 4 is 11.8 Å². The summed E-state index contributed by atoms with van der Waals surface area (Å²) in [6, 6.07) is 3.90. The molecule has 2 N–H and O–H groups in total. The normalized spacial score (nSPS) is 10.6. The molecule has 2 rings (SSSR count). The Morgan fingerprint density at radius 1 is 1.14 bits per heavy atom. The lowest BCUT2D eigenvalue weighted by Gasteiger charge is -2.10. The second kappa shape index (κ2) is 8.11. The Bertz CT molecular complexity index is 530. The van der Waals surface area contributed by atoms with E-state index in [9.17, 15) is 0 Å². The first-order valence-corrected chi connectivity index (χ1v) is 6.95. The van der Waals surface area contributed by atoms with Crippen molar-refractivity contribution < 1.29 is 0 Å². The van der Waals surface area contributed by atoms with Gasteiger partial charge in [0.05, 0.1) is 6.20 Å². The Balaban J connectivity index is 1.80. The molecule has 112 valence electrons. The summed E-state index contributed by atoms with van der Waals surface area (Å²) in [5, 5.41) is 14.3. The maximum atomic E-state index is 4.38. The first-order valence-electron chi connectivity index (χ1n) is 6.95. The van der Waals surface area contributed by atoms with E-state index in [0.29, 0.717) is 12.5 Å². The number of rotatable bonds is 8. The average Bonchev–Trinajstić information content (AvgIpc) is 2.51. The van der Waals surface area contributed by atoms with E-state index in [-0.39, 0.29) is 0 Å². The molecule has 0 radical (unpaired) electrons. The van der Waals surface area contributed by atoms with Crippen molar-refractivity contribution in [2.75, 3.05) is 37.8 Å². The summed E-state index contributed by atoms with van der Waals surface area (Å²) in [6.45, 7) is 2.55. The number of pyridine rings is 1. The maximum Gasteiger partial charge on any atom is 0.244 e. The second-order valence-corrected chi connectivity index (χ2v) is 4.96. The summed E-state index contributed by atoms with van der Waals surface area (Å²) >= 11 is 0. The number of anilines is 2. The Labute approximate surface area is 124 Å². The van der Waals surface area contributed by atoms with Gasteiger partial charge in [0.2, 0.25) is 5.95 Å². The molecule has 2 heterocycles. The molecule has 2 aromatic heterocycles. The second-order valence-electron chi connectivity index (χ2n) is 4.96. The van der Waals surface area contributed by atoms with Crippen LogP contribution in [0.3, 0.4) is 0 Å². The highest BCUT2D eigenvalue weighted by Gasteiger charge is 2.00. The van der Waals surface area contributed by atoms with Crippen molar-refractivity contribution in [3.05, 3.63) is 36.3 Å². The lowest BCUT2D eigenvalue weighted by Crippen LogP contribution is -2.17. The highest BCUT2D eigenvalue weighted by molar-refractivity contribution is 5.37. The van der Waals surface area contributed by atoms with E-state index in [4.69, 9.17) is 0 Å². The van der Waals surface area contributed by atoms with Crippen molar-refractivity contribution in [2.45, 2.75) is 13.0 Å². The van der Waals surface area contributed by atoms with Crippen molar-refractivity contribution in [2.24, 2.45) is 0 Å². The van der Waals surface area contributed by atoms with E-state index in [1.165, 1.54) is 0 Å². The van der Waals surface area contributed by atoms with E-state index in [1.807, 2.05) is 12.1 Å². The van der Waals surface area contributed by atoms with Crippen molar-refractivity contribution in [1.29, 1.82) is 0 Å². The predicted molar refractivity (Wildman–Crippen MR) is 83.1 cm³/mol. The van der Waals surface area contributed by atoms with Gasteiger partial charge < -0.3 is 15.5 Å². The average molecular weight is 287 g/mol. The molecule has 2 aromatic rings. The van der Waals surface area contributed by atoms with Crippen molar-refractivity contribution in [1.82, 2.24) is 25.1 Å². The van der Waals surface area contributed by atoms with Crippen LogP contribution in [0.5, 0.6) is 0 Å². The topological polar surface area (TPSA) is 78.9 Å². The Morgan fingerprint density at radius 2 is 1.95 bits per heavy atom. The number of hydrogen-bond donors (Lipinski definition) is 2. The maximum absolute atomic E-state index is 4.38. The number of aromatic nitrogens is 4. The van der Waals surface area contributed by atoms with Crippen LogP contribution in [0.15, 0.2) is 30.7 Å². The fourth-order valence-corrected chi connectivity index (χ4v) is 1.76. The molecule has 0 atom stereocenters. The largest absolute Gasteiger partial charge is 0.369 e. The molecular weight excluding hydrogens is 266 g/mol. The molecule has 0 aliphatic heterocycles. The van der Waals surface area contributed by atoms with Gasteiger partial charge in [-0.15, -0.1) is 5.10 Å². The van der Waals surface area contributed by atoms with E-state index in [2.05, 4.69) is 49.8 Å². The fourth-order valence-electron chi connectivity index (χ4n) is 1.76. The Hall–Kier alpha value is -2.28. The number of nitrogens with zero attached hydrogens (tertiary/aromatic N) is 5. The van der Waals surface area contributed by atoms with Crippen LogP contribution in [0.25, 0.3) is 0 Å². The molecule has 0 saturated heterocycles. The summed E-state index contributed by atoms with van der Waals surface area (Å²) in [4.78, 5) is 10.5. The lowest BCUT2D eigenvalue weighted by molar-refractivity contribution is 0.405. The summed E-state index contributed by atoms with van der Waals surface area (Å²) in [6.07, 6.45) is 6.21. The quantitative estimate of drug-likeness (QED) is 0.707. The van der Waals surface area contributed by atoms with Gasteiger partial charge in [0.15, 0.2) is 5.82 Å². The van der Waals surface area contributed by atoms with Crippen LogP contribution >= 0.6 is 0 Å². The van der Waals surface area contributed by atoms with Gasteiger partial charge in [-0.25, -0.2) is 0 Å². The van der Waals surface area contributed by atoms with Gasteiger partial charge >= 0.3 is 0 Å². The summed E-state index contributed by atoms with van der Waals surface area (Å²) in [5.74, 6) is 1.26. The zero-order chi connectivity index (χ0) is 14.9. The third-order valence-electron chi connectivity index (χ3n) is 2.85. The van der Waals surface area contributed by atoms with E-state index < -0.39 is 0 Å². The zero-order valence-corrected chi connectivity index (χ0v) is 12.5. The predicted octanol–water partition coefficient (Wildman–Crippen LogP) is 1.24. The van der Waals surface area contributed by atoms with Crippen LogP contribution in [0.4, 0.5) is 11.8 Å². The molecule has 7 heteroatoms. The minimum Gasteiger partial charge on any atom is -0.369 e. The molecule has 0 aliphatic carbocycles. The zero-order valence-electron chi connectivity index (χ0n) is 12.5. The molecule has 21 heavy (non-hydrogen) atoms. The monoisotopic (exact) mass is 287 g/mol. The van der Waals surface area contributed by atoms with Crippen LogP contribution in [0, 0.1) is 0 Å². The summed E-state index contributed by atoms with van der Waals surface area (Å²) in [5.41, 5.74) is 1.12. The molecule has 7 nitrogen and oxygen atoms in total. The molecule has 0 fully saturated rings. The van der Waals surface area contributed by atoms with Crippen LogP contribution in [0.1, 0.15) is 12.0 Å². The molecule has 0 unspecified atom stereocenters. The molecule has 0 bridgehead atoms. The first-order chi connectivity index (χ1) is 10.2. The molecule has 0 saturated carbocycles. The molecule has 0 amide bonds. The van der Waals surface area contributed by atoms with Crippen molar-refractivity contribution in [3.63, 3.8) is 0 Å². The highest BCUT2D eigenvalue weighted by atomic mass is 15.3. The minimum atomic E-state index is 0.518. The summed E-state index contributed by atoms with van der Waals surface area (Å²) in [7, 11) is 4.13. The SMILES string of the molecule is CN(C)CCCNc1cnnc(NCc2ccncc2)n1. The standard InChI is InChI=1S/C14H21N7/c1-21(2)9-3-6-16-13-11-18-20-14(19-13)17-10-12-4-7-15-8-5-12/h4-5,7-8,11H,3,6,9-10H2,1-2H3,(H2,16,17,19,20). The molecular formula is C14H21N7.